The van der Waals surface area contributed by atoms with E-state index in [1.54, 1.807) is 18.2 Å². The van der Waals surface area contributed by atoms with Gasteiger partial charge in [0, 0.05) is 18.1 Å². The number of carbonyl (C=O) groups is 1. The molecule has 7 heteroatoms. The molecule has 0 aliphatic carbocycles. The van der Waals surface area contributed by atoms with E-state index < -0.39 is 0 Å². The van der Waals surface area contributed by atoms with E-state index in [1.807, 2.05) is 0 Å². The Morgan fingerprint density at radius 2 is 1.96 bits per heavy atom. The number of hydrogen-bond acceptors (Lipinski definition) is 4. The Hall–Kier alpha value is -1.01. The van der Waals surface area contributed by atoms with Crippen LogP contribution in [0.2, 0.25) is 10.0 Å². The van der Waals surface area contributed by atoms with Crippen LogP contribution in [0.1, 0.15) is 13.8 Å². The van der Waals surface area contributed by atoms with E-state index in [1.165, 1.54) is 0 Å². The smallest absolute Gasteiger partial charge is 0.258 e. The number of nitrogens with one attached hydrogen (secondary N) is 1. The zero-order chi connectivity index (χ0) is 17.1. The molecule has 0 atom stereocenters. The van der Waals surface area contributed by atoms with Crippen LogP contribution in [0, 0.1) is 0 Å². The van der Waals surface area contributed by atoms with Crippen LogP contribution in [-0.4, -0.2) is 56.8 Å². The lowest BCUT2D eigenvalue weighted by molar-refractivity contribution is -0.123. The van der Waals surface area contributed by atoms with Crippen LogP contribution in [-0.2, 0) is 9.53 Å². The van der Waals surface area contributed by atoms with Crippen molar-refractivity contribution in [2.75, 3.05) is 46.0 Å². The van der Waals surface area contributed by atoms with Gasteiger partial charge in [-0.05, 0) is 31.3 Å². The Morgan fingerprint density at radius 1 is 1.22 bits per heavy atom. The normalized spacial score (nSPS) is 10.8. The molecule has 1 N–H and O–H groups in total. The van der Waals surface area contributed by atoms with Crippen LogP contribution in [0.4, 0.5) is 0 Å². The molecule has 5 nitrogen and oxygen atoms in total. The molecule has 1 rings (SSSR count). The molecule has 0 saturated carbocycles. The number of halogens is 2. The Balaban J connectivity index is 2.10. The lowest BCUT2D eigenvalue weighted by Crippen LogP contribution is -2.32. The molecular weight excluding hydrogens is 339 g/mol. The Bertz CT molecular complexity index is 482. The predicted octanol–water partition coefficient (Wildman–Crippen LogP) is 2.85. The highest BCUT2D eigenvalue weighted by Gasteiger charge is 2.06. The number of likely N-dealkylation sites (N-methyl/N-ethyl adjacent to an activating group) is 1. The lowest BCUT2D eigenvalue weighted by Gasteiger charge is -2.17. The van der Waals surface area contributed by atoms with Gasteiger partial charge in [-0.2, -0.15) is 0 Å². The highest BCUT2D eigenvalue weighted by molar-refractivity contribution is 6.35. The average molecular weight is 363 g/mol. The minimum absolute atomic E-state index is 0.0964. The fourth-order valence-electron chi connectivity index (χ4n) is 1.88. The number of nitrogens with zero attached hydrogens (tertiary/aromatic N) is 1. The molecule has 1 aromatic rings. The van der Waals surface area contributed by atoms with Crippen molar-refractivity contribution >= 4 is 29.1 Å². The van der Waals surface area contributed by atoms with Gasteiger partial charge in [0.05, 0.1) is 18.2 Å². The third kappa shape index (κ3) is 8.42. The van der Waals surface area contributed by atoms with Crippen LogP contribution in [0.25, 0.3) is 0 Å². The van der Waals surface area contributed by atoms with Gasteiger partial charge in [0.2, 0.25) is 0 Å². The molecule has 1 amide bonds. The maximum Gasteiger partial charge on any atom is 0.258 e. The summed E-state index contributed by atoms with van der Waals surface area (Å²) in [5.74, 6) is 0.213. The maximum absolute atomic E-state index is 11.7. The number of ether oxygens (including phenoxy) is 2. The molecule has 1 aromatic carbocycles. The zero-order valence-corrected chi connectivity index (χ0v) is 15.1. The van der Waals surface area contributed by atoms with Crippen LogP contribution in [0.3, 0.4) is 0 Å². The SMILES string of the molecule is CCN(CC)CCOCCNC(=O)COc1ccc(Cl)cc1Cl. The molecule has 0 fully saturated rings. The summed E-state index contributed by atoms with van der Waals surface area (Å²) in [6.45, 7) is 8.67. The van der Waals surface area contributed by atoms with Gasteiger partial charge in [0.1, 0.15) is 5.75 Å². The van der Waals surface area contributed by atoms with Crippen molar-refractivity contribution in [2.24, 2.45) is 0 Å². The first kappa shape index (κ1) is 20.0. The summed E-state index contributed by atoms with van der Waals surface area (Å²) in [6.07, 6.45) is 0. The molecule has 23 heavy (non-hydrogen) atoms. The van der Waals surface area contributed by atoms with E-state index in [0.717, 1.165) is 19.6 Å². The van der Waals surface area contributed by atoms with Crippen molar-refractivity contribution in [2.45, 2.75) is 13.8 Å². The highest BCUT2D eigenvalue weighted by Crippen LogP contribution is 2.27. The van der Waals surface area contributed by atoms with Gasteiger partial charge in [0.25, 0.3) is 5.91 Å². The third-order valence-electron chi connectivity index (χ3n) is 3.27. The summed E-state index contributed by atoms with van der Waals surface area (Å²) >= 11 is 11.8. The van der Waals surface area contributed by atoms with E-state index in [9.17, 15) is 4.79 Å². The third-order valence-corrected chi connectivity index (χ3v) is 3.80. The van der Waals surface area contributed by atoms with Crippen molar-refractivity contribution in [3.63, 3.8) is 0 Å². The average Bonchev–Trinajstić information content (AvgIpc) is 2.53. The maximum atomic E-state index is 11.7. The topological polar surface area (TPSA) is 50.8 Å². The van der Waals surface area contributed by atoms with Crippen LogP contribution in [0.15, 0.2) is 18.2 Å². The molecular formula is C16H24Cl2N2O3. The number of rotatable bonds is 11. The largest absolute Gasteiger partial charge is 0.482 e. The van der Waals surface area contributed by atoms with Crippen LogP contribution in [0.5, 0.6) is 5.75 Å². The molecule has 0 aliphatic rings. The minimum Gasteiger partial charge on any atom is -0.482 e. The van der Waals surface area contributed by atoms with Gasteiger partial charge >= 0.3 is 0 Å². The highest BCUT2D eigenvalue weighted by atomic mass is 35.5. The summed E-state index contributed by atoms with van der Waals surface area (Å²) in [5.41, 5.74) is 0. The first-order valence-electron chi connectivity index (χ1n) is 7.71. The van der Waals surface area contributed by atoms with E-state index in [-0.39, 0.29) is 12.5 Å². The zero-order valence-electron chi connectivity index (χ0n) is 13.6. The fourth-order valence-corrected chi connectivity index (χ4v) is 2.35. The monoisotopic (exact) mass is 362 g/mol. The molecule has 0 saturated heterocycles. The Labute approximate surface area is 147 Å². The van der Waals surface area contributed by atoms with E-state index in [2.05, 4.69) is 24.1 Å². The molecule has 130 valence electrons. The first-order valence-corrected chi connectivity index (χ1v) is 8.47. The molecule has 0 bridgehead atoms. The fraction of sp³-hybridized carbons (Fsp3) is 0.562. The number of hydrogen-bond donors (Lipinski definition) is 1. The Kier molecular flexibility index (Phi) is 10.0. The van der Waals surface area contributed by atoms with Gasteiger partial charge in [-0.3, -0.25) is 4.79 Å². The standard InChI is InChI=1S/C16H24Cl2N2O3/c1-3-20(4-2)8-10-22-9-7-19-16(21)12-23-15-6-5-13(17)11-14(15)18/h5-6,11H,3-4,7-10,12H2,1-2H3,(H,19,21). The summed E-state index contributed by atoms with van der Waals surface area (Å²) in [6, 6.07) is 4.86. The van der Waals surface area contributed by atoms with Crippen molar-refractivity contribution in [1.82, 2.24) is 10.2 Å². The van der Waals surface area contributed by atoms with E-state index in [0.29, 0.717) is 35.6 Å². The summed E-state index contributed by atoms with van der Waals surface area (Å²) in [7, 11) is 0. The second-order valence-electron chi connectivity index (χ2n) is 4.85. The predicted molar refractivity (Wildman–Crippen MR) is 93.6 cm³/mol. The second kappa shape index (κ2) is 11.5. The quantitative estimate of drug-likeness (QED) is 0.615. The Morgan fingerprint density at radius 3 is 2.61 bits per heavy atom. The van der Waals surface area contributed by atoms with Crippen LogP contribution < -0.4 is 10.1 Å². The molecule has 0 spiro atoms. The first-order chi connectivity index (χ1) is 11.1. The molecule has 0 aliphatic heterocycles. The van der Waals surface area contributed by atoms with Gasteiger partial charge in [-0.1, -0.05) is 37.0 Å². The molecule has 0 unspecified atom stereocenters. The van der Waals surface area contributed by atoms with Gasteiger partial charge < -0.3 is 19.7 Å². The number of amides is 1. The summed E-state index contributed by atoms with van der Waals surface area (Å²) in [4.78, 5) is 13.9. The van der Waals surface area contributed by atoms with Crippen LogP contribution >= 0.6 is 23.2 Å². The van der Waals surface area contributed by atoms with Gasteiger partial charge in [-0.15, -0.1) is 0 Å². The van der Waals surface area contributed by atoms with Crippen molar-refractivity contribution in [3.8, 4) is 5.75 Å². The summed E-state index contributed by atoms with van der Waals surface area (Å²) in [5, 5.41) is 3.63. The molecule has 0 heterocycles. The van der Waals surface area contributed by atoms with Crippen molar-refractivity contribution < 1.29 is 14.3 Å². The number of benzene rings is 1. The molecule has 0 aromatic heterocycles. The summed E-state index contributed by atoms with van der Waals surface area (Å²) < 4.78 is 10.8. The van der Waals surface area contributed by atoms with Gasteiger partial charge in [0.15, 0.2) is 6.61 Å². The van der Waals surface area contributed by atoms with E-state index in [4.69, 9.17) is 32.7 Å². The number of carbonyl (C=O) groups excluding carboxylic acids is 1. The molecule has 0 radical (unpaired) electrons. The van der Waals surface area contributed by atoms with Gasteiger partial charge in [-0.25, -0.2) is 0 Å². The van der Waals surface area contributed by atoms with Crippen molar-refractivity contribution in [1.29, 1.82) is 0 Å². The lowest BCUT2D eigenvalue weighted by atomic mass is 10.3. The van der Waals surface area contributed by atoms with E-state index >= 15 is 0 Å². The second-order valence-corrected chi connectivity index (χ2v) is 5.70. The minimum atomic E-state index is -0.219. The van der Waals surface area contributed by atoms with Crippen molar-refractivity contribution in [3.05, 3.63) is 28.2 Å².